The van der Waals surface area contributed by atoms with Gasteiger partial charge in [0, 0.05) is 31.6 Å². The van der Waals surface area contributed by atoms with E-state index in [0.717, 1.165) is 50.8 Å². The third-order valence-corrected chi connectivity index (χ3v) is 5.63. The summed E-state index contributed by atoms with van der Waals surface area (Å²) in [5.41, 5.74) is 1.06. The smallest absolute Gasteiger partial charge is 0.220 e. The van der Waals surface area contributed by atoms with Crippen molar-refractivity contribution in [3.63, 3.8) is 0 Å². The molecule has 5 heteroatoms. The van der Waals surface area contributed by atoms with Crippen LogP contribution in [0.15, 0.2) is 24.3 Å². The number of benzene rings is 1. The van der Waals surface area contributed by atoms with E-state index in [-0.39, 0.29) is 23.8 Å². The first-order valence-corrected chi connectivity index (χ1v) is 9.61. The Hall–Kier alpha value is -1.59. The van der Waals surface area contributed by atoms with Crippen molar-refractivity contribution >= 4 is 5.91 Å². The lowest BCUT2D eigenvalue weighted by Crippen LogP contribution is -2.52. The van der Waals surface area contributed by atoms with Gasteiger partial charge < -0.3 is 15.5 Å². The molecule has 1 heterocycles. The summed E-state index contributed by atoms with van der Waals surface area (Å²) in [6.07, 6.45) is 7.32. The Morgan fingerprint density at radius 1 is 1.08 bits per heavy atom. The topological polar surface area (TPSA) is 72.8 Å². The van der Waals surface area contributed by atoms with Crippen LogP contribution in [0.1, 0.15) is 50.5 Å². The highest BCUT2D eigenvalue weighted by atomic mass is 16.3. The molecule has 0 aromatic heterocycles. The first-order chi connectivity index (χ1) is 12.1. The Balaban J connectivity index is 1.38. The Morgan fingerprint density at radius 3 is 2.44 bits per heavy atom. The molecule has 0 radical (unpaired) electrons. The number of piperidine rings is 1. The molecular weight excluding hydrogens is 316 g/mol. The number of nitrogens with zero attached hydrogens (tertiary/aromatic N) is 1. The van der Waals surface area contributed by atoms with Crippen LogP contribution in [-0.4, -0.2) is 52.3 Å². The molecular formula is C20H30N2O3. The number of aromatic hydroxyl groups is 1. The SMILES string of the molecule is O=C(CCc1ccc(O)cc1)NC1CCN([C@H]2CCCC[C@H]2O)CC1. The summed E-state index contributed by atoms with van der Waals surface area (Å²) in [4.78, 5) is 14.6. The van der Waals surface area contributed by atoms with E-state index in [2.05, 4.69) is 10.2 Å². The summed E-state index contributed by atoms with van der Waals surface area (Å²) in [7, 11) is 0. The number of carbonyl (C=O) groups is 1. The lowest BCUT2D eigenvalue weighted by Gasteiger charge is -2.41. The summed E-state index contributed by atoms with van der Waals surface area (Å²) in [5.74, 6) is 0.354. The average molecular weight is 346 g/mol. The van der Waals surface area contributed by atoms with Crippen LogP contribution in [-0.2, 0) is 11.2 Å². The van der Waals surface area contributed by atoms with Crippen LogP contribution in [0.25, 0.3) is 0 Å². The zero-order valence-electron chi connectivity index (χ0n) is 14.9. The minimum absolute atomic E-state index is 0.101. The number of hydrogen-bond donors (Lipinski definition) is 3. The normalized spacial score (nSPS) is 25.6. The number of phenols is 1. The number of hydrogen-bond acceptors (Lipinski definition) is 4. The Morgan fingerprint density at radius 2 is 1.76 bits per heavy atom. The van der Waals surface area contributed by atoms with Gasteiger partial charge in [-0.25, -0.2) is 0 Å². The summed E-state index contributed by atoms with van der Waals surface area (Å²) >= 11 is 0. The number of amides is 1. The quantitative estimate of drug-likeness (QED) is 0.764. The molecule has 2 aliphatic rings. The summed E-state index contributed by atoms with van der Waals surface area (Å²) in [6, 6.07) is 7.60. The molecule has 1 aromatic carbocycles. The van der Waals surface area contributed by atoms with E-state index in [1.54, 1.807) is 12.1 Å². The molecule has 0 unspecified atom stereocenters. The van der Waals surface area contributed by atoms with Gasteiger partial charge in [0.2, 0.25) is 5.91 Å². The number of phenolic OH excluding ortho intramolecular Hbond substituents is 1. The molecule has 0 spiro atoms. The largest absolute Gasteiger partial charge is 0.508 e. The minimum atomic E-state index is -0.176. The number of aliphatic hydroxyl groups is 1. The van der Waals surface area contributed by atoms with Crippen molar-refractivity contribution in [1.82, 2.24) is 10.2 Å². The van der Waals surface area contributed by atoms with Gasteiger partial charge in [0.1, 0.15) is 5.75 Å². The van der Waals surface area contributed by atoms with Gasteiger partial charge in [-0.15, -0.1) is 0 Å². The number of likely N-dealkylation sites (tertiary alicyclic amines) is 1. The van der Waals surface area contributed by atoms with E-state index < -0.39 is 0 Å². The fourth-order valence-corrected chi connectivity index (χ4v) is 4.11. The fourth-order valence-electron chi connectivity index (χ4n) is 4.11. The number of nitrogens with one attached hydrogen (secondary N) is 1. The van der Waals surface area contributed by atoms with Gasteiger partial charge in [0.05, 0.1) is 6.10 Å². The van der Waals surface area contributed by atoms with Gasteiger partial charge in [0.15, 0.2) is 0 Å². The first-order valence-electron chi connectivity index (χ1n) is 9.61. The van der Waals surface area contributed by atoms with Crippen LogP contribution in [0.4, 0.5) is 0 Å². The molecule has 1 saturated heterocycles. The molecule has 2 fully saturated rings. The monoisotopic (exact) mass is 346 g/mol. The predicted octanol–water partition coefficient (Wildman–Crippen LogP) is 2.21. The summed E-state index contributed by atoms with van der Waals surface area (Å²) in [6.45, 7) is 1.93. The number of rotatable bonds is 5. The van der Waals surface area contributed by atoms with E-state index in [1.807, 2.05) is 12.1 Å². The van der Waals surface area contributed by atoms with Crippen molar-refractivity contribution in [2.24, 2.45) is 0 Å². The number of aryl methyl sites for hydroxylation is 1. The average Bonchev–Trinajstić information content (AvgIpc) is 2.62. The highest BCUT2D eigenvalue weighted by molar-refractivity contribution is 5.76. The van der Waals surface area contributed by atoms with Crippen LogP contribution < -0.4 is 5.32 Å². The van der Waals surface area contributed by atoms with Gasteiger partial charge in [-0.05, 0) is 49.8 Å². The molecule has 3 N–H and O–H groups in total. The highest BCUT2D eigenvalue weighted by Gasteiger charge is 2.31. The highest BCUT2D eigenvalue weighted by Crippen LogP contribution is 2.26. The molecule has 5 nitrogen and oxygen atoms in total. The summed E-state index contributed by atoms with van der Waals surface area (Å²) in [5, 5.41) is 22.6. The van der Waals surface area contributed by atoms with Crippen LogP contribution in [0.5, 0.6) is 5.75 Å². The zero-order valence-corrected chi connectivity index (χ0v) is 14.9. The van der Waals surface area contributed by atoms with Crippen LogP contribution >= 0.6 is 0 Å². The second-order valence-electron chi connectivity index (χ2n) is 7.46. The third-order valence-electron chi connectivity index (χ3n) is 5.63. The lowest BCUT2D eigenvalue weighted by molar-refractivity contribution is -0.122. The third kappa shape index (κ3) is 5.19. The van der Waals surface area contributed by atoms with Gasteiger partial charge in [-0.1, -0.05) is 25.0 Å². The Bertz CT molecular complexity index is 553. The van der Waals surface area contributed by atoms with Crippen molar-refractivity contribution in [2.75, 3.05) is 13.1 Å². The van der Waals surface area contributed by atoms with Crippen molar-refractivity contribution < 1.29 is 15.0 Å². The van der Waals surface area contributed by atoms with Crippen LogP contribution in [0, 0.1) is 0 Å². The predicted molar refractivity (Wildman–Crippen MR) is 97.4 cm³/mol. The van der Waals surface area contributed by atoms with Crippen molar-refractivity contribution in [2.45, 2.75) is 69.6 Å². The second-order valence-corrected chi connectivity index (χ2v) is 7.46. The van der Waals surface area contributed by atoms with E-state index in [0.29, 0.717) is 18.9 Å². The fraction of sp³-hybridized carbons (Fsp3) is 0.650. The van der Waals surface area contributed by atoms with E-state index in [4.69, 9.17) is 0 Å². The number of carbonyl (C=O) groups excluding carboxylic acids is 1. The summed E-state index contributed by atoms with van der Waals surface area (Å²) < 4.78 is 0. The molecule has 138 valence electrons. The molecule has 1 amide bonds. The van der Waals surface area contributed by atoms with E-state index in [9.17, 15) is 15.0 Å². The van der Waals surface area contributed by atoms with Gasteiger partial charge in [-0.2, -0.15) is 0 Å². The molecule has 0 bridgehead atoms. The standard InChI is InChI=1S/C20H30N2O3/c23-17-8-5-15(6-9-17)7-10-20(25)21-16-11-13-22(14-12-16)18-3-1-2-4-19(18)24/h5-6,8-9,16,18-19,23-24H,1-4,7,10-14H2,(H,21,25)/t18-,19+/m0/s1. The maximum Gasteiger partial charge on any atom is 0.220 e. The molecule has 2 atom stereocenters. The van der Waals surface area contributed by atoms with Crippen molar-refractivity contribution in [3.05, 3.63) is 29.8 Å². The molecule has 25 heavy (non-hydrogen) atoms. The van der Waals surface area contributed by atoms with Crippen LogP contribution in [0.3, 0.4) is 0 Å². The molecule has 1 saturated carbocycles. The Kier molecular flexibility index (Phi) is 6.32. The van der Waals surface area contributed by atoms with Crippen LogP contribution in [0.2, 0.25) is 0 Å². The zero-order chi connectivity index (χ0) is 17.6. The van der Waals surface area contributed by atoms with Crippen molar-refractivity contribution in [1.29, 1.82) is 0 Å². The van der Waals surface area contributed by atoms with E-state index >= 15 is 0 Å². The molecule has 1 aromatic rings. The maximum absolute atomic E-state index is 12.2. The maximum atomic E-state index is 12.2. The number of aliphatic hydroxyl groups excluding tert-OH is 1. The van der Waals surface area contributed by atoms with Gasteiger partial charge >= 0.3 is 0 Å². The molecule has 3 rings (SSSR count). The molecule has 1 aliphatic heterocycles. The van der Waals surface area contributed by atoms with Gasteiger partial charge in [0.25, 0.3) is 0 Å². The first kappa shape index (κ1) is 18.2. The lowest BCUT2D eigenvalue weighted by atomic mass is 9.89. The minimum Gasteiger partial charge on any atom is -0.508 e. The second kappa shape index (κ2) is 8.68. The molecule has 1 aliphatic carbocycles. The Labute approximate surface area is 150 Å². The van der Waals surface area contributed by atoms with Gasteiger partial charge in [-0.3, -0.25) is 9.69 Å². The van der Waals surface area contributed by atoms with E-state index in [1.165, 1.54) is 6.42 Å². The van der Waals surface area contributed by atoms with Crippen molar-refractivity contribution in [3.8, 4) is 5.75 Å².